The second-order valence-electron chi connectivity index (χ2n) is 9.84. The number of rotatable bonds is 10. The van der Waals surface area contributed by atoms with Gasteiger partial charge in [-0.05, 0) is 58.2 Å². The van der Waals surface area contributed by atoms with Gasteiger partial charge >= 0.3 is 0 Å². The highest BCUT2D eigenvalue weighted by molar-refractivity contribution is 5.90. The molecule has 0 aliphatic carbocycles. The normalized spacial score (nSPS) is 19.4. The molecule has 2 amide bonds. The summed E-state index contributed by atoms with van der Waals surface area (Å²) in [5.74, 6) is 0.00607. The Kier molecular flexibility index (Phi) is 10.6. The van der Waals surface area contributed by atoms with Crippen molar-refractivity contribution in [2.75, 3.05) is 39.8 Å². The number of amides is 2. The van der Waals surface area contributed by atoms with Crippen LogP contribution in [0.15, 0.2) is 0 Å². The lowest BCUT2D eigenvalue weighted by Gasteiger charge is -2.40. The van der Waals surface area contributed by atoms with Gasteiger partial charge in [0.15, 0.2) is 0 Å². The molecule has 29 heavy (non-hydrogen) atoms. The van der Waals surface area contributed by atoms with E-state index in [0.717, 1.165) is 51.9 Å². The molecule has 170 valence electrons. The number of likely N-dealkylation sites (N-methyl/N-ethyl adjacent to an activating group) is 2. The molecule has 1 heterocycles. The molecule has 0 bridgehead atoms. The predicted molar refractivity (Wildman–Crippen MR) is 121 cm³/mol. The Morgan fingerprint density at radius 1 is 1.10 bits per heavy atom. The second-order valence-corrected chi connectivity index (χ2v) is 9.84. The number of hydrogen-bond acceptors (Lipinski definition) is 4. The summed E-state index contributed by atoms with van der Waals surface area (Å²) in [4.78, 5) is 32.8. The quantitative estimate of drug-likeness (QED) is 0.602. The van der Waals surface area contributed by atoms with Gasteiger partial charge < -0.3 is 15.1 Å². The predicted octanol–water partition coefficient (Wildman–Crippen LogP) is 2.97. The fourth-order valence-corrected chi connectivity index (χ4v) is 4.11. The van der Waals surface area contributed by atoms with Crippen molar-refractivity contribution in [1.82, 2.24) is 20.0 Å². The number of nitrogens with zero attached hydrogens (tertiary/aromatic N) is 3. The van der Waals surface area contributed by atoms with Crippen molar-refractivity contribution < 1.29 is 9.59 Å². The van der Waals surface area contributed by atoms with Crippen LogP contribution in [0.5, 0.6) is 0 Å². The third-order valence-corrected chi connectivity index (χ3v) is 6.02. The molecule has 1 unspecified atom stereocenters. The fourth-order valence-electron chi connectivity index (χ4n) is 4.11. The lowest BCUT2D eigenvalue weighted by Crippen LogP contribution is -2.60. The van der Waals surface area contributed by atoms with Gasteiger partial charge in [-0.3, -0.25) is 14.5 Å². The first-order chi connectivity index (χ1) is 13.5. The van der Waals surface area contributed by atoms with Crippen molar-refractivity contribution in [2.24, 2.45) is 5.41 Å². The molecular weight excluding hydrogens is 364 g/mol. The molecule has 0 spiro atoms. The summed E-state index contributed by atoms with van der Waals surface area (Å²) in [6, 6.07) is -0.319. The molecule has 1 aliphatic heterocycles. The van der Waals surface area contributed by atoms with Crippen LogP contribution < -0.4 is 5.32 Å². The molecule has 1 aliphatic rings. The Labute approximate surface area is 179 Å². The number of carbonyl (C=O) groups excluding carboxylic acids is 2. The van der Waals surface area contributed by atoms with E-state index in [9.17, 15) is 9.59 Å². The zero-order valence-corrected chi connectivity index (χ0v) is 20.3. The largest absolute Gasteiger partial charge is 0.343 e. The maximum absolute atomic E-state index is 13.3. The van der Waals surface area contributed by atoms with Crippen LogP contribution in [-0.4, -0.2) is 84.4 Å². The molecular formula is C23H46N4O2. The van der Waals surface area contributed by atoms with E-state index < -0.39 is 6.04 Å². The van der Waals surface area contributed by atoms with Gasteiger partial charge in [-0.15, -0.1) is 0 Å². The van der Waals surface area contributed by atoms with Crippen molar-refractivity contribution in [1.29, 1.82) is 0 Å². The molecule has 0 aromatic heterocycles. The molecule has 0 aromatic carbocycles. The van der Waals surface area contributed by atoms with Gasteiger partial charge in [-0.1, -0.05) is 41.0 Å². The minimum Gasteiger partial charge on any atom is -0.343 e. The van der Waals surface area contributed by atoms with Crippen molar-refractivity contribution in [3.05, 3.63) is 0 Å². The molecule has 1 rings (SSSR count). The Morgan fingerprint density at radius 2 is 1.76 bits per heavy atom. The summed E-state index contributed by atoms with van der Waals surface area (Å²) >= 11 is 0. The molecule has 1 saturated heterocycles. The van der Waals surface area contributed by atoms with Crippen LogP contribution in [0.1, 0.15) is 74.1 Å². The van der Waals surface area contributed by atoms with E-state index in [4.69, 9.17) is 0 Å². The van der Waals surface area contributed by atoms with E-state index in [-0.39, 0.29) is 23.3 Å². The Hall–Kier alpha value is -1.14. The standard InChI is InChI=1S/C23H46N4O2/c1-9-14-26(10-2)17-16-25(8)22(29)20(23(5,6)7)24-21(28)19-13-11-12-15-27(19)18(3)4/h18-20H,9-17H2,1-8H3,(H,24,28)/t19-,20?/m1/s1. The van der Waals surface area contributed by atoms with Crippen molar-refractivity contribution in [3.8, 4) is 0 Å². The lowest BCUT2D eigenvalue weighted by atomic mass is 9.85. The Bertz CT molecular complexity index is 515. The smallest absolute Gasteiger partial charge is 0.245 e. The fraction of sp³-hybridized carbons (Fsp3) is 0.913. The maximum Gasteiger partial charge on any atom is 0.245 e. The highest BCUT2D eigenvalue weighted by atomic mass is 16.2. The lowest BCUT2D eigenvalue weighted by molar-refractivity contribution is -0.140. The molecule has 1 N–H and O–H groups in total. The van der Waals surface area contributed by atoms with E-state index >= 15 is 0 Å². The van der Waals surface area contributed by atoms with Gasteiger partial charge in [0.25, 0.3) is 0 Å². The second kappa shape index (κ2) is 11.9. The number of hydrogen-bond donors (Lipinski definition) is 1. The van der Waals surface area contributed by atoms with E-state index in [1.54, 1.807) is 4.90 Å². The number of likely N-dealkylation sites (tertiary alicyclic amines) is 1. The van der Waals surface area contributed by atoms with Crippen LogP contribution in [0.2, 0.25) is 0 Å². The van der Waals surface area contributed by atoms with Gasteiger partial charge in [0.2, 0.25) is 11.8 Å². The van der Waals surface area contributed by atoms with Crippen LogP contribution in [0, 0.1) is 5.41 Å². The van der Waals surface area contributed by atoms with Crippen LogP contribution >= 0.6 is 0 Å². The van der Waals surface area contributed by atoms with Crippen molar-refractivity contribution >= 4 is 11.8 Å². The molecule has 0 saturated carbocycles. The van der Waals surface area contributed by atoms with Crippen LogP contribution in [0.4, 0.5) is 0 Å². The summed E-state index contributed by atoms with van der Waals surface area (Å²) in [5, 5.41) is 3.13. The van der Waals surface area contributed by atoms with Gasteiger partial charge in [0.1, 0.15) is 6.04 Å². The molecule has 6 nitrogen and oxygen atoms in total. The van der Waals surface area contributed by atoms with Crippen molar-refractivity contribution in [2.45, 2.75) is 92.3 Å². The first-order valence-electron chi connectivity index (χ1n) is 11.6. The molecule has 0 aromatic rings. The van der Waals surface area contributed by atoms with Gasteiger partial charge in [-0.25, -0.2) is 0 Å². The zero-order chi connectivity index (χ0) is 22.2. The molecule has 2 atom stereocenters. The summed E-state index contributed by atoms with van der Waals surface area (Å²) in [7, 11) is 1.86. The number of piperidine rings is 1. The molecule has 0 radical (unpaired) electrons. The summed E-state index contributed by atoms with van der Waals surface area (Å²) in [5.41, 5.74) is -0.341. The van der Waals surface area contributed by atoms with Gasteiger partial charge in [0, 0.05) is 26.2 Å². The highest BCUT2D eigenvalue weighted by Gasteiger charge is 2.38. The van der Waals surface area contributed by atoms with Gasteiger partial charge in [-0.2, -0.15) is 0 Å². The molecule has 1 fully saturated rings. The van der Waals surface area contributed by atoms with E-state index in [1.807, 2.05) is 27.8 Å². The topological polar surface area (TPSA) is 55.9 Å². The molecule has 6 heteroatoms. The monoisotopic (exact) mass is 410 g/mol. The van der Waals surface area contributed by atoms with Crippen LogP contribution in [-0.2, 0) is 9.59 Å². The summed E-state index contributed by atoms with van der Waals surface area (Å²) in [6.45, 7) is 19.2. The van der Waals surface area contributed by atoms with E-state index in [2.05, 4.69) is 42.8 Å². The van der Waals surface area contributed by atoms with Crippen LogP contribution in [0.25, 0.3) is 0 Å². The third kappa shape index (κ3) is 7.89. The minimum absolute atomic E-state index is 0.00115. The average molecular weight is 411 g/mol. The van der Waals surface area contributed by atoms with Crippen molar-refractivity contribution in [3.63, 3.8) is 0 Å². The van der Waals surface area contributed by atoms with E-state index in [1.165, 1.54) is 0 Å². The highest BCUT2D eigenvalue weighted by Crippen LogP contribution is 2.24. The minimum atomic E-state index is -0.516. The Balaban J connectivity index is 2.83. The number of carbonyl (C=O) groups is 2. The Morgan fingerprint density at radius 3 is 2.28 bits per heavy atom. The maximum atomic E-state index is 13.3. The number of nitrogens with one attached hydrogen (secondary N) is 1. The van der Waals surface area contributed by atoms with Gasteiger partial charge in [0.05, 0.1) is 6.04 Å². The first kappa shape index (κ1) is 25.9. The SMILES string of the molecule is CCCN(CC)CCN(C)C(=O)C(NC(=O)[C@H]1CCCCN1C(C)C)C(C)(C)C. The van der Waals surface area contributed by atoms with Crippen LogP contribution in [0.3, 0.4) is 0 Å². The first-order valence-corrected chi connectivity index (χ1v) is 11.6. The average Bonchev–Trinajstić information content (AvgIpc) is 2.67. The zero-order valence-electron chi connectivity index (χ0n) is 20.3. The summed E-state index contributed by atoms with van der Waals surface area (Å²) < 4.78 is 0. The summed E-state index contributed by atoms with van der Waals surface area (Å²) in [6.07, 6.45) is 4.19. The third-order valence-electron chi connectivity index (χ3n) is 6.02. The van der Waals surface area contributed by atoms with E-state index in [0.29, 0.717) is 12.6 Å².